The summed E-state index contributed by atoms with van der Waals surface area (Å²) < 4.78 is 0. The zero-order valence-electron chi connectivity index (χ0n) is 7.57. The summed E-state index contributed by atoms with van der Waals surface area (Å²) in [5.74, 6) is 1.38. The van der Waals surface area contributed by atoms with Gasteiger partial charge in [-0.3, -0.25) is 4.79 Å². The Kier molecular flexibility index (Phi) is 8.80. The molecule has 0 fully saturated rings. The highest BCUT2D eigenvalue weighted by molar-refractivity contribution is 7.80. The van der Waals surface area contributed by atoms with Crippen LogP contribution in [0.5, 0.6) is 0 Å². The summed E-state index contributed by atoms with van der Waals surface area (Å²) in [6.45, 7) is 0.314. The van der Waals surface area contributed by atoms with E-state index in [-0.39, 0.29) is 18.4 Å². The van der Waals surface area contributed by atoms with E-state index >= 15 is 0 Å². The molecule has 0 heterocycles. The maximum atomic E-state index is 11.4. The molecular formula is C8H17NO2S2. The van der Waals surface area contributed by atoms with Crippen LogP contribution in [0.1, 0.15) is 12.8 Å². The van der Waals surface area contributed by atoms with Crippen molar-refractivity contribution in [1.82, 2.24) is 5.32 Å². The summed E-state index contributed by atoms with van der Waals surface area (Å²) in [6.07, 6.45) is 1.53. The molecule has 5 heteroatoms. The van der Waals surface area contributed by atoms with Gasteiger partial charge in [0.1, 0.15) is 0 Å². The minimum atomic E-state index is -0.0137. The van der Waals surface area contributed by atoms with Crippen molar-refractivity contribution in [3.05, 3.63) is 0 Å². The molecule has 0 aliphatic rings. The van der Waals surface area contributed by atoms with Gasteiger partial charge in [0.2, 0.25) is 5.91 Å². The molecular weight excluding hydrogens is 206 g/mol. The summed E-state index contributed by atoms with van der Waals surface area (Å²) in [4.78, 5) is 11.4. The van der Waals surface area contributed by atoms with Crippen molar-refractivity contribution in [2.24, 2.45) is 5.92 Å². The number of hydrogen-bond acceptors (Lipinski definition) is 4. The number of aliphatic hydroxyl groups excluding tert-OH is 1. The van der Waals surface area contributed by atoms with Crippen molar-refractivity contribution in [3.63, 3.8) is 0 Å². The van der Waals surface area contributed by atoms with Crippen LogP contribution in [0.25, 0.3) is 0 Å². The number of rotatable bonds is 7. The molecule has 0 unspecified atom stereocenters. The summed E-state index contributed by atoms with van der Waals surface area (Å²) in [5, 5.41) is 11.2. The van der Waals surface area contributed by atoms with Crippen LogP contribution in [-0.4, -0.2) is 35.7 Å². The predicted octanol–water partition coefficient (Wildman–Crippen LogP) is 0.351. The van der Waals surface area contributed by atoms with Gasteiger partial charge in [-0.2, -0.15) is 25.3 Å². The van der Waals surface area contributed by atoms with Gasteiger partial charge in [-0.15, -0.1) is 0 Å². The van der Waals surface area contributed by atoms with Gasteiger partial charge in [0.05, 0.1) is 6.61 Å². The molecule has 1 amide bonds. The van der Waals surface area contributed by atoms with Crippen molar-refractivity contribution < 1.29 is 9.90 Å². The Labute approximate surface area is 90.1 Å². The second-order valence-corrected chi connectivity index (χ2v) is 3.63. The minimum absolute atomic E-state index is 0.00264. The maximum absolute atomic E-state index is 11.4. The molecule has 0 bridgehead atoms. The van der Waals surface area contributed by atoms with Gasteiger partial charge in [0, 0.05) is 12.5 Å². The number of carbonyl (C=O) groups excluding carboxylic acids is 1. The summed E-state index contributed by atoms with van der Waals surface area (Å²) in [6, 6.07) is 0. The first kappa shape index (κ1) is 13.1. The third-order valence-corrected chi connectivity index (χ3v) is 2.25. The molecule has 0 aliphatic carbocycles. The highest BCUT2D eigenvalue weighted by Crippen LogP contribution is 2.10. The lowest BCUT2D eigenvalue weighted by molar-refractivity contribution is -0.125. The van der Waals surface area contributed by atoms with E-state index in [9.17, 15) is 4.79 Å². The molecule has 0 aliphatic heterocycles. The first-order valence-electron chi connectivity index (χ1n) is 4.36. The standard InChI is InChI=1S/C8H17NO2S2/c10-4-3-9-8(11)7(1-5-12)2-6-13/h7,10,12-13H,1-6H2,(H,9,11). The number of amides is 1. The number of nitrogens with one attached hydrogen (secondary N) is 1. The van der Waals surface area contributed by atoms with Crippen molar-refractivity contribution >= 4 is 31.2 Å². The van der Waals surface area contributed by atoms with Gasteiger partial charge in [-0.05, 0) is 24.3 Å². The van der Waals surface area contributed by atoms with Gasteiger partial charge in [-0.25, -0.2) is 0 Å². The van der Waals surface area contributed by atoms with E-state index in [1.54, 1.807) is 0 Å². The fraction of sp³-hybridized carbons (Fsp3) is 0.875. The van der Waals surface area contributed by atoms with E-state index in [4.69, 9.17) is 5.11 Å². The lowest BCUT2D eigenvalue weighted by Gasteiger charge is -2.13. The van der Waals surface area contributed by atoms with Crippen LogP contribution in [0.3, 0.4) is 0 Å². The van der Waals surface area contributed by atoms with E-state index in [0.29, 0.717) is 18.1 Å². The number of carbonyl (C=O) groups is 1. The molecule has 13 heavy (non-hydrogen) atoms. The normalized spacial score (nSPS) is 10.5. The van der Waals surface area contributed by atoms with Crippen LogP contribution in [0, 0.1) is 5.92 Å². The number of hydrogen-bond donors (Lipinski definition) is 4. The lowest BCUT2D eigenvalue weighted by Crippen LogP contribution is -2.33. The zero-order chi connectivity index (χ0) is 10.1. The monoisotopic (exact) mass is 223 g/mol. The van der Waals surface area contributed by atoms with Crippen LogP contribution >= 0.6 is 25.3 Å². The third-order valence-electron chi connectivity index (χ3n) is 1.74. The topological polar surface area (TPSA) is 49.3 Å². The molecule has 78 valence electrons. The van der Waals surface area contributed by atoms with Crippen LogP contribution < -0.4 is 5.32 Å². The lowest BCUT2D eigenvalue weighted by atomic mass is 10.0. The molecule has 0 aromatic rings. The smallest absolute Gasteiger partial charge is 0.223 e. The van der Waals surface area contributed by atoms with Crippen molar-refractivity contribution in [2.45, 2.75) is 12.8 Å². The fourth-order valence-corrected chi connectivity index (χ4v) is 1.66. The quantitative estimate of drug-likeness (QED) is 0.471. The number of aliphatic hydroxyl groups is 1. The summed E-state index contributed by atoms with van der Waals surface area (Å²) in [5.41, 5.74) is 0. The molecule has 0 radical (unpaired) electrons. The van der Waals surface area contributed by atoms with E-state index in [1.807, 2.05) is 0 Å². The van der Waals surface area contributed by atoms with Crippen LogP contribution in [0.15, 0.2) is 0 Å². The first-order valence-corrected chi connectivity index (χ1v) is 5.63. The fourth-order valence-electron chi connectivity index (χ4n) is 1.04. The van der Waals surface area contributed by atoms with E-state index in [0.717, 1.165) is 12.8 Å². The average molecular weight is 223 g/mol. The molecule has 0 saturated carbocycles. The van der Waals surface area contributed by atoms with Gasteiger partial charge in [0.15, 0.2) is 0 Å². The molecule has 0 aromatic heterocycles. The highest BCUT2D eigenvalue weighted by atomic mass is 32.1. The van der Waals surface area contributed by atoms with Gasteiger partial charge >= 0.3 is 0 Å². The highest BCUT2D eigenvalue weighted by Gasteiger charge is 2.15. The second-order valence-electron chi connectivity index (χ2n) is 2.74. The van der Waals surface area contributed by atoms with Crippen molar-refractivity contribution in [3.8, 4) is 0 Å². The Morgan fingerprint density at radius 2 is 1.85 bits per heavy atom. The largest absolute Gasteiger partial charge is 0.395 e. The zero-order valence-corrected chi connectivity index (χ0v) is 9.36. The van der Waals surface area contributed by atoms with Crippen LogP contribution in [-0.2, 0) is 4.79 Å². The summed E-state index contributed by atoms with van der Waals surface area (Å²) >= 11 is 8.17. The van der Waals surface area contributed by atoms with Gasteiger partial charge < -0.3 is 10.4 Å². The Bertz CT molecular complexity index is 138. The second kappa shape index (κ2) is 8.72. The Morgan fingerprint density at radius 1 is 1.31 bits per heavy atom. The first-order chi connectivity index (χ1) is 6.26. The summed E-state index contributed by atoms with van der Waals surface area (Å²) in [7, 11) is 0. The Morgan fingerprint density at radius 3 is 2.23 bits per heavy atom. The number of thiol groups is 2. The van der Waals surface area contributed by atoms with Crippen LogP contribution in [0.4, 0.5) is 0 Å². The average Bonchev–Trinajstić information content (AvgIpc) is 2.14. The van der Waals surface area contributed by atoms with E-state index in [2.05, 4.69) is 30.6 Å². The molecule has 0 aromatic carbocycles. The molecule has 0 atom stereocenters. The van der Waals surface area contributed by atoms with Crippen molar-refractivity contribution in [2.75, 3.05) is 24.7 Å². The van der Waals surface area contributed by atoms with Crippen LogP contribution in [0.2, 0.25) is 0 Å². The molecule has 3 nitrogen and oxygen atoms in total. The molecule has 2 N–H and O–H groups in total. The Hall–Kier alpha value is 0.130. The SMILES string of the molecule is O=C(NCCO)C(CCS)CCS. The Balaban J connectivity index is 3.80. The maximum Gasteiger partial charge on any atom is 0.223 e. The predicted molar refractivity (Wildman–Crippen MR) is 60.5 cm³/mol. The van der Waals surface area contributed by atoms with Gasteiger partial charge in [0.25, 0.3) is 0 Å². The minimum Gasteiger partial charge on any atom is -0.395 e. The molecule has 0 spiro atoms. The molecule has 0 rings (SSSR count). The van der Waals surface area contributed by atoms with E-state index < -0.39 is 0 Å². The van der Waals surface area contributed by atoms with Crippen molar-refractivity contribution in [1.29, 1.82) is 0 Å². The molecule has 0 saturated heterocycles. The van der Waals surface area contributed by atoms with Gasteiger partial charge in [-0.1, -0.05) is 0 Å². The third kappa shape index (κ3) is 6.23. The van der Waals surface area contributed by atoms with E-state index in [1.165, 1.54) is 0 Å².